The predicted molar refractivity (Wildman–Crippen MR) is 54.1 cm³/mol. The summed E-state index contributed by atoms with van der Waals surface area (Å²) < 4.78 is 0. The van der Waals surface area contributed by atoms with Crippen LogP contribution < -0.4 is 5.56 Å². The summed E-state index contributed by atoms with van der Waals surface area (Å²) in [5.74, 6) is 0. The molecule has 5 heteroatoms. The zero-order valence-electron chi connectivity index (χ0n) is 7.23. The van der Waals surface area contributed by atoms with Gasteiger partial charge in [-0.25, -0.2) is 5.10 Å². The van der Waals surface area contributed by atoms with Gasteiger partial charge in [-0.05, 0) is 17.5 Å². The Hall–Kier alpha value is -1.46. The molecule has 72 valence electrons. The van der Waals surface area contributed by atoms with Gasteiger partial charge < -0.3 is 5.11 Å². The molecule has 2 heterocycles. The van der Waals surface area contributed by atoms with E-state index in [4.69, 9.17) is 5.11 Å². The fourth-order valence-corrected chi connectivity index (χ4v) is 1.80. The molecule has 0 saturated heterocycles. The first-order chi connectivity index (χ1) is 6.81. The van der Waals surface area contributed by atoms with Crippen LogP contribution in [0, 0.1) is 0 Å². The molecule has 14 heavy (non-hydrogen) atoms. The number of nitrogens with one attached hydrogen (secondary N) is 1. The zero-order valence-corrected chi connectivity index (χ0v) is 8.04. The van der Waals surface area contributed by atoms with Gasteiger partial charge in [0, 0.05) is 5.56 Å². The van der Waals surface area contributed by atoms with Crippen molar-refractivity contribution in [2.45, 2.75) is 6.61 Å². The van der Waals surface area contributed by atoms with Gasteiger partial charge in [-0.3, -0.25) is 4.79 Å². The third-order valence-electron chi connectivity index (χ3n) is 1.82. The number of thiophene rings is 1. The molecule has 0 aliphatic heterocycles. The first-order valence-corrected chi connectivity index (χ1v) is 4.92. The number of aliphatic hydroxyl groups is 1. The normalized spacial score (nSPS) is 10.4. The largest absolute Gasteiger partial charge is 0.391 e. The van der Waals surface area contributed by atoms with E-state index in [-0.39, 0.29) is 12.2 Å². The van der Waals surface area contributed by atoms with Crippen molar-refractivity contribution in [2.75, 3.05) is 0 Å². The van der Waals surface area contributed by atoms with Crippen molar-refractivity contribution in [1.82, 2.24) is 10.2 Å². The lowest BCUT2D eigenvalue weighted by Crippen LogP contribution is -2.14. The van der Waals surface area contributed by atoms with E-state index in [1.165, 1.54) is 11.3 Å². The van der Waals surface area contributed by atoms with Crippen molar-refractivity contribution in [3.63, 3.8) is 0 Å². The minimum Gasteiger partial charge on any atom is -0.391 e. The lowest BCUT2D eigenvalue weighted by atomic mass is 10.2. The lowest BCUT2D eigenvalue weighted by molar-refractivity contribution is 0.280. The zero-order chi connectivity index (χ0) is 9.97. The number of rotatable bonds is 2. The molecule has 2 rings (SSSR count). The Bertz CT molecular complexity index is 476. The van der Waals surface area contributed by atoms with Gasteiger partial charge >= 0.3 is 0 Å². The van der Waals surface area contributed by atoms with E-state index in [1.54, 1.807) is 6.07 Å². The molecule has 0 amide bonds. The van der Waals surface area contributed by atoms with Gasteiger partial charge in [-0.1, -0.05) is 6.07 Å². The average molecular weight is 208 g/mol. The summed E-state index contributed by atoms with van der Waals surface area (Å²) in [5, 5.41) is 17.1. The monoisotopic (exact) mass is 208 g/mol. The van der Waals surface area contributed by atoms with Crippen LogP contribution in [-0.4, -0.2) is 15.3 Å². The van der Waals surface area contributed by atoms with E-state index in [1.807, 2.05) is 17.5 Å². The molecule has 0 bridgehead atoms. The number of nitrogens with zero attached hydrogens (tertiary/aromatic N) is 1. The van der Waals surface area contributed by atoms with E-state index in [0.717, 1.165) is 4.88 Å². The van der Waals surface area contributed by atoms with Crippen molar-refractivity contribution in [3.8, 4) is 10.6 Å². The van der Waals surface area contributed by atoms with E-state index in [0.29, 0.717) is 11.3 Å². The molecule has 0 aromatic carbocycles. The number of hydrogen-bond donors (Lipinski definition) is 2. The summed E-state index contributed by atoms with van der Waals surface area (Å²) in [4.78, 5) is 12.1. The van der Waals surface area contributed by atoms with Crippen LogP contribution in [0.25, 0.3) is 10.6 Å². The fraction of sp³-hybridized carbons (Fsp3) is 0.111. The van der Waals surface area contributed by atoms with Crippen LogP contribution in [0.2, 0.25) is 0 Å². The molecule has 0 unspecified atom stereocenters. The summed E-state index contributed by atoms with van der Waals surface area (Å²) in [5.41, 5.74) is 0.680. The molecule has 0 saturated carbocycles. The molecule has 0 fully saturated rings. The molecular formula is C9H8N2O2S. The Kier molecular flexibility index (Phi) is 2.43. The van der Waals surface area contributed by atoms with Gasteiger partial charge in [-0.2, -0.15) is 5.10 Å². The second-order valence-corrected chi connectivity index (χ2v) is 3.69. The fourth-order valence-electron chi connectivity index (χ4n) is 1.11. The standard InChI is InChI=1S/C9H8N2O2S/c12-5-6-4-7(10-11-9(6)13)8-2-1-3-14-8/h1-4,12H,5H2,(H,11,13). The Morgan fingerprint density at radius 3 is 3.07 bits per heavy atom. The molecule has 2 aromatic rings. The highest BCUT2D eigenvalue weighted by atomic mass is 32.1. The number of aromatic amines is 1. The number of aromatic nitrogens is 2. The predicted octanol–water partition coefficient (Wildman–Crippen LogP) is 0.991. The minimum absolute atomic E-state index is 0.268. The van der Waals surface area contributed by atoms with Gasteiger partial charge in [0.05, 0.1) is 11.5 Å². The quantitative estimate of drug-likeness (QED) is 0.773. The smallest absolute Gasteiger partial charge is 0.269 e. The summed E-state index contributed by atoms with van der Waals surface area (Å²) in [7, 11) is 0. The average Bonchev–Trinajstić information content (AvgIpc) is 2.71. The van der Waals surface area contributed by atoms with Crippen LogP contribution in [-0.2, 0) is 6.61 Å². The number of H-pyrrole nitrogens is 1. The Labute approximate surface area is 83.9 Å². The van der Waals surface area contributed by atoms with Crippen LogP contribution in [0.4, 0.5) is 0 Å². The highest BCUT2D eigenvalue weighted by Crippen LogP contribution is 2.21. The first-order valence-electron chi connectivity index (χ1n) is 4.04. The highest BCUT2D eigenvalue weighted by Gasteiger charge is 2.04. The molecule has 0 atom stereocenters. The second kappa shape index (κ2) is 3.73. The van der Waals surface area contributed by atoms with Crippen molar-refractivity contribution in [1.29, 1.82) is 0 Å². The van der Waals surface area contributed by atoms with Crippen molar-refractivity contribution in [2.24, 2.45) is 0 Å². The first kappa shape index (κ1) is 9.11. The lowest BCUT2D eigenvalue weighted by Gasteiger charge is -1.98. The Balaban J connectivity index is 2.51. The highest BCUT2D eigenvalue weighted by molar-refractivity contribution is 7.13. The number of hydrogen-bond acceptors (Lipinski definition) is 4. The van der Waals surface area contributed by atoms with Crippen molar-refractivity contribution in [3.05, 3.63) is 39.5 Å². The maximum Gasteiger partial charge on any atom is 0.269 e. The van der Waals surface area contributed by atoms with Crippen LogP contribution in [0.15, 0.2) is 28.4 Å². The maximum atomic E-state index is 11.1. The molecule has 2 aromatic heterocycles. The minimum atomic E-state index is -0.340. The summed E-state index contributed by atoms with van der Waals surface area (Å²) in [6.45, 7) is -0.268. The molecule has 4 nitrogen and oxygen atoms in total. The van der Waals surface area contributed by atoms with Crippen molar-refractivity contribution < 1.29 is 5.11 Å². The maximum absolute atomic E-state index is 11.1. The topological polar surface area (TPSA) is 66.0 Å². The SMILES string of the molecule is O=c1[nH]nc(-c2cccs2)cc1CO. The van der Waals surface area contributed by atoms with Crippen LogP contribution in [0.1, 0.15) is 5.56 Å². The third-order valence-corrected chi connectivity index (χ3v) is 2.72. The number of aliphatic hydroxyl groups excluding tert-OH is 1. The Morgan fingerprint density at radius 1 is 1.57 bits per heavy atom. The second-order valence-electron chi connectivity index (χ2n) is 2.74. The van der Waals surface area contributed by atoms with Crippen LogP contribution in [0.3, 0.4) is 0 Å². The third kappa shape index (κ3) is 1.59. The van der Waals surface area contributed by atoms with Crippen LogP contribution >= 0.6 is 11.3 Å². The Morgan fingerprint density at radius 2 is 2.43 bits per heavy atom. The molecule has 0 radical (unpaired) electrons. The summed E-state index contributed by atoms with van der Waals surface area (Å²) in [6, 6.07) is 5.42. The van der Waals surface area contributed by atoms with Gasteiger partial charge in [0.25, 0.3) is 5.56 Å². The molecule has 0 aliphatic rings. The summed E-state index contributed by atoms with van der Waals surface area (Å²) in [6.07, 6.45) is 0. The van der Waals surface area contributed by atoms with Crippen molar-refractivity contribution >= 4 is 11.3 Å². The van der Waals surface area contributed by atoms with Gasteiger partial charge in [-0.15, -0.1) is 11.3 Å². The molecular weight excluding hydrogens is 200 g/mol. The van der Waals surface area contributed by atoms with Gasteiger partial charge in [0.15, 0.2) is 0 Å². The van der Waals surface area contributed by atoms with E-state index >= 15 is 0 Å². The van der Waals surface area contributed by atoms with E-state index in [2.05, 4.69) is 10.2 Å². The van der Waals surface area contributed by atoms with Crippen LogP contribution in [0.5, 0.6) is 0 Å². The van der Waals surface area contributed by atoms with E-state index in [9.17, 15) is 4.79 Å². The van der Waals surface area contributed by atoms with E-state index < -0.39 is 0 Å². The molecule has 0 aliphatic carbocycles. The molecule has 0 spiro atoms. The van der Waals surface area contributed by atoms with Gasteiger partial charge in [0.1, 0.15) is 5.69 Å². The van der Waals surface area contributed by atoms with Gasteiger partial charge in [0.2, 0.25) is 0 Å². The molecule has 2 N–H and O–H groups in total. The summed E-state index contributed by atoms with van der Waals surface area (Å²) >= 11 is 1.53.